The Balaban J connectivity index is 0.00000580. The summed E-state index contributed by atoms with van der Waals surface area (Å²) in [4.78, 5) is 58.4. The fourth-order valence-electron chi connectivity index (χ4n) is 5.95. The fourth-order valence-corrected chi connectivity index (χ4v) is 7.32. The molecule has 2 fully saturated rings. The Labute approximate surface area is 324 Å². The summed E-state index contributed by atoms with van der Waals surface area (Å²) in [6.45, 7) is -3.07. The Kier molecular flexibility index (Phi) is 13.2. The maximum atomic E-state index is 13.6. The number of amides is 3. The number of esters is 1. The number of sulfonamides is 1. The number of aromatic nitrogens is 1. The first-order valence-electron chi connectivity index (χ1n) is 16.8. The molecule has 0 unspecified atom stereocenters. The van der Waals surface area contributed by atoms with Gasteiger partial charge in [0.15, 0.2) is 23.9 Å². The lowest BCUT2D eigenvalue weighted by Crippen LogP contribution is -2.47. The molecule has 1 aliphatic carbocycles. The normalized spacial score (nSPS) is 16.0. The number of carbonyl (C=O) groups is 4. The average Bonchev–Trinajstić information content (AvgIpc) is 3.93. The SMILES string of the molecule is CS(=O)(=O)N(CC(=O)N1CCOCC1)c1ccc2c(c1)C(=O)N(CC(=O)O[C@@H](Cc1c(Cl)c[nH+]cc1Cl)c1ccc(OC(F)F)c(OCC3CC3)c1)C2=O.[OH-]. The Morgan fingerprint density at radius 2 is 1.67 bits per heavy atom. The van der Waals surface area contributed by atoms with Gasteiger partial charge < -0.3 is 29.3 Å². The van der Waals surface area contributed by atoms with Crippen LogP contribution in [0.25, 0.3) is 0 Å². The molecule has 6 rings (SSSR count). The fraction of sp³-hybridized carbons (Fsp3) is 0.400. The number of nitrogens with one attached hydrogen (secondary N) is 1. The monoisotopic (exact) mass is 828 g/mol. The summed E-state index contributed by atoms with van der Waals surface area (Å²) in [6, 6.07) is 7.78. The number of pyridine rings is 1. The molecule has 1 atom stereocenters. The predicted octanol–water partition coefficient (Wildman–Crippen LogP) is 3.77. The second kappa shape index (κ2) is 17.5. The van der Waals surface area contributed by atoms with Crippen LogP contribution in [0.3, 0.4) is 0 Å². The highest BCUT2D eigenvalue weighted by atomic mass is 35.5. The van der Waals surface area contributed by atoms with Gasteiger partial charge in [-0.3, -0.25) is 28.4 Å². The number of imide groups is 1. The van der Waals surface area contributed by atoms with Gasteiger partial charge in [-0.15, -0.1) is 0 Å². The van der Waals surface area contributed by atoms with Crippen LogP contribution in [0.1, 0.15) is 50.8 Å². The van der Waals surface area contributed by atoms with E-state index in [1.54, 1.807) is 0 Å². The maximum absolute atomic E-state index is 13.6. The van der Waals surface area contributed by atoms with E-state index in [2.05, 4.69) is 9.72 Å². The summed E-state index contributed by atoms with van der Waals surface area (Å²) in [5, 5.41) is 0.412. The van der Waals surface area contributed by atoms with Gasteiger partial charge in [0, 0.05) is 25.1 Å². The van der Waals surface area contributed by atoms with Crippen molar-refractivity contribution < 1.29 is 65.8 Å². The second-order valence-corrected chi connectivity index (χ2v) is 15.6. The quantitative estimate of drug-likeness (QED) is 0.160. The molecule has 296 valence electrons. The minimum Gasteiger partial charge on any atom is -0.870 e. The molecule has 2 N–H and O–H groups in total. The minimum atomic E-state index is -4.03. The van der Waals surface area contributed by atoms with Crippen LogP contribution in [-0.4, -0.2) is 106 Å². The summed E-state index contributed by atoms with van der Waals surface area (Å²) in [5.41, 5.74) is 0.360. The molecule has 2 aromatic carbocycles. The number of fused-ring (bicyclic) bond motifs is 1. The van der Waals surface area contributed by atoms with Gasteiger partial charge in [0.25, 0.3) is 11.8 Å². The van der Waals surface area contributed by atoms with Gasteiger partial charge in [0.2, 0.25) is 15.9 Å². The third-order valence-electron chi connectivity index (χ3n) is 8.96. The van der Waals surface area contributed by atoms with E-state index in [1.165, 1.54) is 53.7 Å². The molecule has 2 aliphatic heterocycles. The number of halogens is 4. The summed E-state index contributed by atoms with van der Waals surface area (Å²) in [6.07, 6.45) is 4.41. The minimum absolute atomic E-state index is 0. The Hall–Kier alpha value is -4.62. The van der Waals surface area contributed by atoms with Crippen molar-refractivity contribution in [2.75, 3.05) is 56.6 Å². The van der Waals surface area contributed by atoms with E-state index in [4.69, 9.17) is 37.4 Å². The van der Waals surface area contributed by atoms with Crippen LogP contribution in [-0.2, 0) is 35.5 Å². The van der Waals surface area contributed by atoms with E-state index in [1.807, 2.05) is 0 Å². The van der Waals surface area contributed by atoms with E-state index < -0.39 is 59.5 Å². The third-order valence-corrected chi connectivity index (χ3v) is 10.8. The van der Waals surface area contributed by atoms with Crippen molar-refractivity contribution in [3.05, 3.63) is 81.1 Å². The first kappa shape index (κ1) is 41.5. The number of benzene rings is 2. The zero-order valence-electron chi connectivity index (χ0n) is 29.2. The molecule has 1 aromatic heterocycles. The molecule has 3 aromatic rings. The van der Waals surface area contributed by atoms with E-state index in [0.717, 1.165) is 23.4 Å². The van der Waals surface area contributed by atoms with Gasteiger partial charge in [-0.25, -0.2) is 13.4 Å². The number of rotatable bonds is 15. The van der Waals surface area contributed by atoms with Crippen molar-refractivity contribution in [1.29, 1.82) is 0 Å². The molecule has 55 heavy (non-hydrogen) atoms. The maximum Gasteiger partial charge on any atom is 0.387 e. The highest BCUT2D eigenvalue weighted by Crippen LogP contribution is 2.38. The molecule has 15 nitrogen and oxygen atoms in total. The van der Waals surface area contributed by atoms with Crippen LogP contribution in [0.2, 0.25) is 10.0 Å². The smallest absolute Gasteiger partial charge is 0.387 e. The number of aromatic amines is 1. The lowest BCUT2D eigenvalue weighted by Gasteiger charge is -2.30. The molecular weight excluding hydrogens is 793 g/mol. The third kappa shape index (κ3) is 9.98. The lowest BCUT2D eigenvalue weighted by molar-refractivity contribution is -0.377. The summed E-state index contributed by atoms with van der Waals surface area (Å²) >= 11 is 12.8. The number of alkyl halides is 2. The highest BCUT2D eigenvalue weighted by molar-refractivity contribution is 7.92. The highest BCUT2D eigenvalue weighted by Gasteiger charge is 2.39. The van der Waals surface area contributed by atoms with Crippen LogP contribution in [0.4, 0.5) is 14.5 Å². The molecule has 3 amide bonds. The molecule has 3 aliphatic rings. The molecule has 0 radical (unpaired) electrons. The molecular formula is C35H36Cl2F2N4O11S. The van der Waals surface area contributed by atoms with E-state index in [9.17, 15) is 36.4 Å². The standard InChI is InChI=1S/C35H34Cl2F2N4O10S.H2O/c1-54(48,49)43(17-31(44)41-8-10-50-11-9-41)22-5-6-23-24(13-22)34(47)42(33(23)46)18-32(45)52-29(14-25-26(36)15-40-16-27(25)37)21-4-7-28(53-35(38)39)30(12-21)51-19-20-2-3-20;/h4-7,12-13,15-16,20,29,35H,2-3,8-11,14,17-19H2,1H3;1H2/t29-;/m0./s1. The number of hydrogen-bond donors (Lipinski definition) is 0. The van der Waals surface area contributed by atoms with Crippen molar-refractivity contribution in [3.63, 3.8) is 0 Å². The van der Waals surface area contributed by atoms with Gasteiger partial charge >= 0.3 is 12.6 Å². The molecule has 0 spiro atoms. The number of nitrogens with zero attached hydrogens (tertiary/aromatic N) is 3. The molecule has 0 bridgehead atoms. The Morgan fingerprint density at radius 3 is 2.31 bits per heavy atom. The van der Waals surface area contributed by atoms with E-state index >= 15 is 0 Å². The van der Waals surface area contributed by atoms with E-state index in [-0.39, 0.29) is 81.4 Å². The van der Waals surface area contributed by atoms with Gasteiger partial charge in [-0.1, -0.05) is 29.3 Å². The van der Waals surface area contributed by atoms with Crippen molar-refractivity contribution in [3.8, 4) is 11.5 Å². The summed E-state index contributed by atoms with van der Waals surface area (Å²) < 4.78 is 74.4. The van der Waals surface area contributed by atoms with Crippen LogP contribution in [0.15, 0.2) is 48.8 Å². The Bertz CT molecular complexity index is 2050. The topological polar surface area (TPSA) is 193 Å². The number of morpholine rings is 1. The van der Waals surface area contributed by atoms with Gasteiger partial charge in [-0.2, -0.15) is 8.78 Å². The van der Waals surface area contributed by atoms with Crippen LogP contribution in [0.5, 0.6) is 11.5 Å². The van der Waals surface area contributed by atoms with Crippen molar-refractivity contribution >= 4 is 62.6 Å². The number of hydrogen-bond acceptors (Lipinski definition) is 11. The number of H-pyrrole nitrogens is 1. The molecule has 1 saturated carbocycles. The zero-order chi connectivity index (χ0) is 38.7. The first-order valence-corrected chi connectivity index (χ1v) is 19.4. The van der Waals surface area contributed by atoms with Gasteiger partial charge in [0.05, 0.1) is 42.9 Å². The average molecular weight is 830 g/mol. The number of anilines is 1. The Morgan fingerprint density at radius 1 is 1.00 bits per heavy atom. The van der Waals surface area contributed by atoms with Gasteiger partial charge in [0.1, 0.15) is 29.2 Å². The van der Waals surface area contributed by atoms with Crippen molar-refractivity contribution in [2.24, 2.45) is 5.92 Å². The summed E-state index contributed by atoms with van der Waals surface area (Å²) in [7, 11) is -4.03. The molecule has 1 saturated heterocycles. The van der Waals surface area contributed by atoms with Crippen molar-refractivity contribution in [1.82, 2.24) is 9.80 Å². The largest absolute Gasteiger partial charge is 0.870 e. The van der Waals surface area contributed by atoms with Crippen molar-refractivity contribution in [2.45, 2.75) is 32.0 Å². The van der Waals surface area contributed by atoms with Crippen LogP contribution >= 0.6 is 23.2 Å². The zero-order valence-corrected chi connectivity index (χ0v) is 31.5. The van der Waals surface area contributed by atoms with Gasteiger partial charge in [-0.05, 0) is 54.7 Å². The van der Waals surface area contributed by atoms with Crippen LogP contribution in [0, 0.1) is 5.92 Å². The number of ether oxygens (including phenoxy) is 4. The van der Waals surface area contributed by atoms with Crippen LogP contribution < -0.4 is 18.8 Å². The molecule has 3 heterocycles. The first-order chi connectivity index (χ1) is 25.7. The molecule has 20 heteroatoms. The number of carbonyl (C=O) groups excluding carboxylic acids is 4. The summed E-state index contributed by atoms with van der Waals surface area (Å²) in [5.74, 6) is -3.19. The van der Waals surface area contributed by atoms with E-state index in [0.29, 0.717) is 23.7 Å². The predicted molar refractivity (Wildman–Crippen MR) is 190 cm³/mol. The lowest BCUT2D eigenvalue weighted by atomic mass is 10.0. The second-order valence-electron chi connectivity index (χ2n) is 12.8.